The van der Waals surface area contributed by atoms with Crippen molar-refractivity contribution in [3.8, 4) is 0 Å². The van der Waals surface area contributed by atoms with Gasteiger partial charge in [-0.25, -0.2) is 13.1 Å². The van der Waals surface area contributed by atoms with Crippen molar-refractivity contribution in [3.63, 3.8) is 0 Å². The Morgan fingerprint density at radius 3 is 2.28 bits per heavy atom. The zero-order valence-corrected chi connectivity index (χ0v) is 15.8. The lowest BCUT2D eigenvalue weighted by molar-refractivity contribution is -0.122. The molecule has 0 aliphatic carbocycles. The lowest BCUT2D eigenvalue weighted by Gasteiger charge is -2.11. The molecule has 0 aliphatic rings. The van der Waals surface area contributed by atoms with Gasteiger partial charge in [-0.2, -0.15) is 0 Å². The molecule has 0 bridgehead atoms. The first-order valence-electron chi connectivity index (χ1n) is 8.37. The highest BCUT2D eigenvalue weighted by Crippen LogP contribution is 2.11. The third kappa shape index (κ3) is 7.66. The van der Waals surface area contributed by atoms with Crippen molar-refractivity contribution in [3.05, 3.63) is 29.8 Å². The lowest BCUT2D eigenvalue weighted by atomic mass is 10.1. The van der Waals surface area contributed by atoms with Crippen molar-refractivity contribution < 1.29 is 18.0 Å². The fourth-order valence-corrected chi connectivity index (χ4v) is 2.79. The van der Waals surface area contributed by atoms with Gasteiger partial charge < -0.3 is 10.6 Å². The predicted octanol–water partition coefficient (Wildman–Crippen LogP) is 0.948. The quantitative estimate of drug-likeness (QED) is 0.571. The van der Waals surface area contributed by atoms with Crippen LogP contribution in [0.4, 0.5) is 0 Å². The molecule has 2 amide bonds. The Hall–Kier alpha value is -1.93. The highest BCUT2D eigenvalue weighted by molar-refractivity contribution is 7.89. The molecular weight excluding hydrogens is 342 g/mol. The molecule has 0 spiro atoms. The van der Waals surface area contributed by atoms with E-state index in [-0.39, 0.29) is 35.6 Å². The number of rotatable bonds is 10. The number of nitrogens with one attached hydrogen (secondary N) is 3. The molecule has 0 aromatic heterocycles. The first kappa shape index (κ1) is 21.1. The monoisotopic (exact) mass is 369 g/mol. The summed E-state index contributed by atoms with van der Waals surface area (Å²) in [5.74, 6) is -0.209. The summed E-state index contributed by atoms with van der Waals surface area (Å²) in [5.41, 5.74) is 0.875. The van der Waals surface area contributed by atoms with Crippen molar-refractivity contribution in [1.29, 1.82) is 0 Å². The van der Waals surface area contributed by atoms with E-state index in [4.69, 9.17) is 0 Å². The predicted molar refractivity (Wildman–Crippen MR) is 96.5 cm³/mol. The summed E-state index contributed by atoms with van der Waals surface area (Å²) in [6, 6.07) is 6.54. The summed E-state index contributed by atoms with van der Waals surface area (Å²) in [7, 11) is -2.09. The average Bonchev–Trinajstić information content (AvgIpc) is 2.60. The highest BCUT2D eigenvalue weighted by atomic mass is 32.2. The molecule has 8 heteroatoms. The minimum atomic E-state index is -3.44. The van der Waals surface area contributed by atoms with E-state index in [1.165, 1.54) is 19.2 Å². The largest absolute Gasteiger partial charge is 0.356 e. The van der Waals surface area contributed by atoms with Crippen LogP contribution in [0.15, 0.2) is 29.2 Å². The third-order valence-corrected chi connectivity index (χ3v) is 5.27. The average molecular weight is 369 g/mol. The molecule has 1 aromatic carbocycles. The van der Waals surface area contributed by atoms with Gasteiger partial charge in [0.15, 0.2) is 0 Å². The van der Waals surface area contributed by atoms with Crippen LogP contribution in [-0.2, 0) is 26.0 Å². The van der Waals surface area contributed by atoms with Crippen LogP contribution in [0.1, 0.15) is 38.7 Å². The summed E-state index contributed by atoms with van der Waals surface area (Å²) in [6.07, 6.45) is 1.91. The fraction of sp³-hybridized carbons (Fsp3) is 0.529. The highest BCUT2D eigenvalue weighted by Gasteiger charge is 2.11. The molecule has 0 heterocycles. The minimum absolute atomic E-state index is 0.0732. The van der Waals surface area contributed by atoms with Crippen LogP contribution >= 0.6 is 0 Å². The van der Waals surface area contributed by atoms with Crippen LogP contribution in [0.3, 0.4) is 0 Å². The third-order valence-electron chi connectivity index (χ3n) is 3.84. The molecule has 0 saturated heterocycles. The maximum Gasteiger partial charge on any atom is 0.240 e. The van der Waals surface area contributed by atoms with E-state index in [0.29, 0.717) is 13.0 Å². The summed E-state index contributed by atoms with van der Waals surface area (Å²) >= 11 is 0. The second-order valence-corrected chi connectivity index (χ2v) is 7.71. The fourth-order valence-electron chi connectivity index (χ4n) is 2.06. The Kier molecular flexibility index (Phi) is 8.57. The lowest BCUT2D eigenvalue weighted by Crippen LogP contribution is -2.35. The second kappa shape index (κ2) is 10.1. The Labute approximate surface area is 149 Å². The maximum absolute atomic E-state index is 11.8. The number of hydrogen-bond acceptors (Lipinski definition) is 4. The Morgan fingerprint density at radius 2 is 1.72 bits per heavy atom. The molecule has 1 unspecified atom stereocenters. The minimum Gasteiger partial charge on any atom is -0.356 e. The molecule has 0 aliphatic heterocycles. The van der Waals surface area contributed by atoms with Crippen molar-refractivity contribution in [2.24, 2.45) is 0 Å². The van der Waals surface area contributed by atoms with Gasteiger partial charge in [0.05, 0.1) is 4.90 Å². The molecule has 0 radical (unpaired) electrons. The molecule has 3 N–H and O–H groups in total. The topological polar surface area (TPSA) is 104 Å². The van der Waals surface area contributed by atoms with Crippen LogP contribution in [0.25, 0.3) is 0 Å². The molecule has 0 saturated carbocycles. The number of benzene rings is 1. The van der Waals surface area contributed by atoms with Crippen molar-refractivity contribution in [2.75, 3.05) is 13.6 Å². The van der Waals surface area contributed by atoms with Crippen LogP contribution < -0.4 is 15.4 Å². The van der Waals surface area contributed by atoms with E-state index in [1.54, 1.807) is 12.1 Å². The zero-order valence-electron chi connectivity index (χ0n) is 15.0. The number of hydrogen-bond donors (Lipinski definition) is 3. The van der Waals surface area contributed by atoms with E-state index in [2.05, 4.69) is 15.4 Å². The van der Waals surface area contributed by atoms with E-state index >= 15 is 0 Å². The van der Waals surface area contributed by atoms with Gasteiger partial charge in [0.1, 0.15) is 0 Å². The Bertz CT molecular complexity index is 672. The van der Waals surface area contributed by atoms with Gasteiger partial charge >= 0.3 is 0 Å². The van der Waals surface area contributed by atoms with Gasteiger partial charge in [0, 0.05) is 25.4 Å². The number of sulfonamides is 1. The van der Waals surface area contributed by atoms with Crippen LogP contribution in [0, 0.1) is 0 Å². The van der Waals surface area contributed by atoms with Gasteiger partial charge in [-0.15, -0.1) is 0 Å². The first-order chi connectivity index (χ1) is 11.8. The molecular formula is C17H27N3O4S. The molecule has 7 nitrogen and oxygen atoms in total. The Morgan fingerprint density at radius 1 is 1.08 bits per heavy atom. The molecule has 1 rings (SSSR count). The van der Waals surface area contributed by atoms with E-state index in [0.717, 1.165) is 12.0 Å². The number of amides is 2. The standard InChI is InChI=1S/C17H27N3O4S/c1-4-13(2)20-17(22)11-12-19-16(21)10-7-14-5-8-15(9-6-14)25(23,24)18-3/h5-6,8-9,13,18H,4,7,10-12H2,1-3H3,(H,19,21)(H,20,22). The number of aryl methyl sites for hydroxylation is 1. The van der Waals surface area contributed by atoms with Gasteiger partial charge in [0.2, 0.25) is 21.8 Å². The van der Waals surface area contributed by atoms with E-state index in [9.17, 15) is 18.0 Å². The molecule has 140 valence electrons. The van der Waals surface area contributed by atoms with E-state index < -0.39 is 10.0 Å². The summed E-state index contributed by atoms with van der Waals surface area (Å²) in [4.78, 5) is 23.6. The summed E-state index contributed by atoms with van der Waals surface area (Å²) in [5, 5.41) is 5.55. The van der Waals surface area contributed by atoms with Crippen LogP contribution in [0.5, 0.6) is 0 Å². The smallest absolute Gasteiger partial charge is 0.240 e. The van der Waals surface area contributed by atoms with Gasteiger partial charge in [-0.05, 0) is 44.5 Å². The molecule has 25 heavy (non-hydrogen) atoms. The summed E-state index contributed by atoms with van der Waals surface area (Å²) in [6.45, 7) is 4.23. The SMILES string of the molecule is CCC(C)NC(=O)CCNC(=O)CCc1ccc(S(=O)(=O)NC)cc1. The molecule has 1 atom stereocenters. The molecule has 0 fully saturated rings. The number of carbonyl (C=O) groups excluding carboxylic acids is 2. The Balaban J connectivity index is 2.34. The zero-order chi connectivity index (χ0) is 18.9. The van der Waals surface area contributed by atoms with Gasteiger partial charge in [-0.3, -0.25) is 9.59 Å². The normalized spacial score (nSPS) is 12.4. The van der Waals surface area contributed by atoms with Crippen LogP contribution in [-0.4, -0.2) is 39.9 Å². The molecule has 1 aromatic rings. The first-order valence-corrected chi connectivity index (χ1v) is 9.85. The maximum atomic E-state index is 11.8. The number of carbonyl (C=O) groups is 2. The van der Waals surface area contributed by atoms with Crippen molar-refractivity contribution in [2.45, 2.75) is 50.5 Å². The van der Waals surface area contributed by atoms with Crippen molar-refractivity contribution in [1.82, 2.24) is 15.4 Å². The van der Waals surface area contributed by atoms with Crippen molar-refractivity contribution >= 4 is 21.8 Å². The van der Waals surface area contributed by atoms with Gasteiger partial charge in [-0.1, -0.05) is 19.1 Å². The van der Waals surface area contributed by atoms with Gasteiger partial charge in [0.25, 0.3) is 0 Å². The van der Waals surface area contributed by atoms with E-state index in [1.807, 2.05) is 13.8 Å². The second-order valence-electron chi connectivity index (χ2n) is 5.83. The summed E-state index contributed by atoms with van der Waals surface area (Å²) < 4.78 is 25.5. The van der Waals surface area contributed by atoms with Crippen LogP contribution in [0.2, 0.25) is 0 Å².